The van der Waals surface area contributed by atoms with Gasteiger partial charge in [0.1, 0.15) is 0 Å². The fraction of sp³-hybridized carbons (Fsp3) is 0.636. The molecule has 0 fully saturated rings. The van der Waals surface area contributed by atoms with Gasteiger partial charge >= 0.3 is 0 Å². The standard InChI is InChI=1S/C22H37N3/c1-17(2)25(6)14-10-9-13-23-18(3)15-22(4,5)20-16-24-21-12-8-7-11-19(20)21/h7-8,11-12,16-18,23-24H,9-10,13-15H2,1-6H3/t18-/m1/s1. The van der Waals surface area contributed by atoms with Gasteiger partial charge in [0.05, 0.1) is 0 Å². The maximum Gasteiger partial charge on any atom is 0.0457 e. The summed E-state index contributed by atoms with van der Waals surface area (Å²) in [5.74, 6) is 0. The summed E-state index contributed by atoms with van der Waals surface area (Å²) in [4.78, 5) is 5.84. The van der Waals surface area contributed by atoms with E-state index < -0.39 is 0 Å². The lowest BCUT2D eigenvalue weighted by Crippen LogP contribution is -2.34. The van der Waals surface area contributed by atoms with E-state index in [1.54, 1.807) is 0 Å². The molecule has 0 spiro atoms. The first kappa shape index (κ1) is 20.0. The zero-order chi connectivity index (χ0) is 18.4. The van der Waals surface area contributed by atoms with Crippen LogP contribution >= 0.6 is 0 Å². The van der Waals surface area contributed by atoms with Crippen molar-refractivity contribution in [3.8, 4) is 0 Å². The number of nitrogens with one attached hydrogen (secondary N) is 2. The van der Waals surface area contributed by atoms with Crippen LogP contribution < -0.4 is 5.32 Å². The molecule has 0 radical (unpaired) electrons. The normalized spacial score (nSPS) is 13.9. The smallest absolute Gasteiger partial charge is 0.0457 e. The molecule has 0 aliphatic heterocycles. The van der Waals surface area contributed by atoms with Crippen molar-refractivity contribution in [3.63, 3.8) is 0 Å². The second kappa shape index (κ2) is 8.86. The van der Waals surface area contributed by atoms with Crippen LogP contribution in [0.5, 0.6) is 0 Å². The van der Waals surface area contributed by atoms with Gasteiger partial charge in [-0.3, -0.25) is 0 Å². The Hall–Kier alpha value is -1.32. The molecule has 140 valence electrons. The summed E-state index contributed by atoms with van der Waals surface area (Å²) in [6.45, 7) is 13.8. The molecule has 0 aliphatic rings. The van der Waals surface area contributed by atoms with Gasteiger partial charge < -0.3 is 15.2 Å². The van der Waals surface area contributed by atoms with Crippen LogP contribution in [-0.4, -0.2) is 42.1 Å². The van der Waals surface area contributed by atoms with Crippen LogP contribution in [0.1, 0.15) is 59.4 Å². The molecule has 25 heavy (non-hydrogen) atoms. The Balaban J connectivity index is 1.80. The van der Waals surface area contributed by atoms with Gasteiger partial charge in [0.2, 0.25) is 0 Å². The van der Waals surface area contributed by atoms with Crippen molar-refractivity contribution >= 4 is 10.9 Å². The zero-order valence-electron chi connectivity index (χ0n) is 17.0. The highest BCUT2D eigenvalue weighted by atomic mass is 15.1. The van der Waals surface area contributed by atoms with Crippen LogP contribution in [0, 0.1) is 0 Å². The topological polar surface area (TPSA) is 31.1 Å². The van der Waals surface area contributed by atoms with Crippen LogP contribution in [0.3, 0.4) is 0 Å². The Morgan fingerprint density at radius 3 is 2.56 bits per heavy atom. The molecule has 1 aromatic carbocycles. The lowest BCUT2D eigenvalue weighted by molar-refractivity contribution is 0.267. The number of H-pyrrole nitrogens is 1. The molecule has 2 N–H and O–H groups in total. The molecule has 0 amide bonds. The van der Waals surface area contributed by atoms with E-state index in [-0.39, 0.29) is 5.41 Å². The summed E-state index contributed by atoms with van der Waals surface area (Å²) < 4.78 is 0. The SMILES string of the molecule is CC(C)N(C)CCCCN[C@H](C)CC(C)(C)c1c[nH]c2ccccc12. The molecular weight excluding hydrogens is 306 g/mol. The van der Waals surface area contributed by atoms with E-state index in [4.69, 9.17) is 0 Å². The zero-order valence-corrected chi connectivity index (χ0v) is 17.0. The number of para-hydroxylation sites is 1. The predicted molar refractivity (Wildman–Crippen MR) is 110 cm³/mol. The highest BCUT2D eigenvalue weighted by Crippen LogP contribution is 2.33. The van der Waals surface area contributed by atoms with Crippen molar-refractivity contribution in [3.05, 3.63) is 36.0 Å². The Labute approximate surface area is 154 Å². The quantitative estimate of drug-likeness (QED) is 0.599. The van der Waals surface area contributed by atoms with Crippen LogP contribution in [0.4, 0.5) is 0 Å². The van der Waals surface area contributed by atoms with Gasteiger partial charge in [0.25, 0.3) is 0 Å². The molecule has 1 heterocycles. The van der Waals surface area contributed by atoms with Crippen LogP contribution in [-0.2, 0) is 5.41 Å². The van der Waals surface area contributed by atoms with Gasteiger partial charge in [-0.05, 0) is 77.2 Å². The Morgan fingerprint density at radius 2 is 1.84 bits per heavy atom. The summed E-state index contributed by atoms with van der Waals surface area (Å²) in [5, 5.41) is 5.08. The van der Waals surface area contributed by atoms with Crippen molar-refractivity contribution in [2.45, 2.75) is 71.4 Å². The summed E-state index contributed by atoms with van der Waals surface area (Å²) in [6, 6.07) is 9.77. The largest absolute Gasteiger partial charge is 0.361 e. The number of rotatable bonds is 10. The van der Waals surface area contributed by atoms with E-state index in [0.29, 0.717) is 12.1 Å². The highest BCUT2D eigenvalue weighted by molar-refractivity contribution is 5.84. The van der Waals surface area contributed by atoms with Crippen molar-refractivity contribution < 1.29 is 0 Å². The molecule has 0 bridgehead atoms. The summed E-state index contributed by atoms with van der Waals surface area (Å²) in [5.41, 5.74) is 2.82. The average molecular weight is 344 g/mol. The molecule has 0 aliphatic carbocycles. The maximum absolute atomic E-state index is 3.72. The Bertz CT molecular complexity index is 642. The van der Waals surface area contributed by atoms with Gasteiger partial charge in [0, 0.05) is 29.2 Å². The monoisotopic (exact) mass is 343 g/mol. The van der Waals surface area contributed by atoms with E-state index in [2.05, 4.69) is 87.3 Å². The molecular formula is C22H37N3. The van der Waals surface area contributed by atoms with E-state index in [9.17, 15) is 0 Å². The summed E-state index contributed by atoms with van der Waals surface area (Å²) in [6.07, 6.45) is 5.84. The van der Waals surface area contributed by atoms with Crippen LogP contribution in [0.25, 0.3) is 10.9 Å². The van der Waals surface area contributed by atoms with E-state index >= 15 is 0 Å². The van der Waals surface area contributed by atoms with E-state index in [0.717, 1.165) is 13.0 Å². The third-order valence-corrected chi connectivity index (χ3v) is 5.45. The van der Waals surface area contributed by atoms with Gasteiger partial charge in [0.15, 0.2) is 0 Å². The number of nitrogens with zero attached hydrogens (tertiary/aromatic N) is 1. The van der Waals surface area contributed by atoms with Crippen LogP contribution in [0.2, 0.25) is 0 Å². The predicted octanol–water partition coefficient (Wildman–Crippen LogP) is 4.93. The Morgan fingerprint density at radius 1 is 1.12 bits per heavy atom. The second-order valence-corrected chi connectivity index (χ2v) is 8.47. The first-order valence-electron chi connectivity index (χ1n) is 9.81. The number of hydrogen-bond donors (Lipinski definition) is 2. The lowest BCUT2D eigenvalue weighted by atomic mass is 9.79. The first-order valence-corrected chi connectivity index (χ1v) is 9.81. The van der Waals surface area contributed by atoms with Crippen LogP contribution in [0.15, 0.2) is 30.5 Å². The van der Waals surface area contributed by atoms with Crippen molar-refractivity contribution in [1.82, 2.24) is 15.2 Å². The molecule has 2 aromatic rings. The summed E-state index contributed by atoms with van der Waals surface area (Å²) in [7, 11) is 2.21. The lowest BCUT2D eigenvalue weighted by Gasteiger charge is -2.29. The van der Waals surface area contributed by atoms with Crippen molar-refractivity contribution in [2.24, 2.45) is 0 Å². The fourth-order valence-corrected chi connectivity index (χ4v) is 3.67. The molecule has 2 rings (SSSR count). The van der Waals surface area contributed by atoms with E-state index in [1.807, 2.05) is 0 Å². The molecule has 1 aromatic heterocycles. The first-order chi connectivity index (χ1) is 11.8. The minimum Gasteiger partial charge on any atom is -0.361 e. The maximum atomic E-state index is 3.72. The highest BCUT2D eigenvalue weighted by Gasteiger charge is 2.25. The van der Waals surface area contributed by atoms with Gasteiger partial charge in [-0.1, -0.05) is 32.0 Å². The molecule has 0 saturated carbocycles. The molecule has 3 nitrogen and oxygen atoms in total. The van der Waals surface area contributed by atoms with E-state index in [1.165, 1.54) is 35.9 Å². The number of aromatic nitrogens is 1. The molecule has 3 heteroatoms. The summed E-state index contributed by atoms with van der Waals surface area (Å²) >= 11 is 0. The minimum absolute atomic E-state index is 0.157. The number of benzene rings is 1. The fourth-order valence-electron chi connectivity index (χ4n) is 3.67. The van der Waals surface area contributed by atoms with Crippen molar-refractivity contribution in [1.29, 1.82) is 0 Å². The molecule has 0 unspecified atom stereocenters. The average Bonchev–Trinajstić information content (AvgIpc) is 2.98. The van der Waals surface area contributed by atoms with Gasteiger partial charge in [-0.15, -0.1) is 0 Å². The molecule has 1 atom stereocenters. The molecule has 0 saturated heterocycles. The number of unbranched alkanes of at least 4 members (excludes halogenated alkanes) is 1. The number of aromatic amines is 1. The second-order valence-electron chi connectivity index (χ2n) is 8.47. The van der Waals surface area contributed by atoms with Gasteiger partial charge in [-0.2, -0.15) is 0 Å². The Kier molecular flexibility index (Phi) is 7.09. The van der Waals surface area contributed by atoms with Gasteiger partial charge in [-0.25, -0.2) is 0 Å². The number of hydrogen-bond acceptors (Lipinski definition) is 2. The minimum atomic E-state index is 0.157. The third-order valence-electron chi connectivity index (χ3n) is 5.45. The van der Waals surface area contributed by atoms with Crippen molar-refractivity contribution in [2.75, 3.05) is 20.1 Å². The number of fused-ring (bicyclic) bond motifs is 1. The third kappa shape index (κ3) is 5.58.